The molecule has 0 heterocycles. The van der Waals surface area contributed by atoms with Crippen LogP contribution in [-0.4, -0.2) is 19.0 Å². The van der Waals surface area contributed by atoms with Gasteiger partial charge in [-0.2, -0.15) is 0 Å². The van der Waals surface area contributed by atoms with Crippen LogP contribution in [0, 0.1) is 6.92 Å². The van der Waals surface area contributed by atoms with Crippen molar-refractivity contribution in [3.05, 3.63) is 48.0 Å². The highest BCUT2D eigenvalue weighted by atomic mass is 15.1. The molecule has 0 radical (unpaired) electrons. The molecule has 1 nitrogen and oxygen atoms in total. The maximum atomic E-state index is 4.06. The molecule has 0 saturated carbocycles. The molecule has 1 aromatic carbocycles. The van der Waals surface area contributed by atoms with Crippen LogP contribution in [-0.2, 0) is 0 Å². The van der Waals surface area contributed by atoms with Crippen molar-refractivity contribution in [1.82, 2.24) is 4.90 Å². The average Bonchev–Trinajstić information content (AvgIpc) is 2.15. The van der Waals surface area contributed by atoms with Gasteiger partial charge in [-0.05, 0) is 42.7 Å². The summed E-state index contributed by atoms with van der Waals surface area (Å²) in [4.78, 5) is 2.02. The van der Waals surface area contributed by atoms with Gasteiger partial charge in [-0.3, -0.25) is 0 Å². The molecule has 0 saturated heterocycles. The summed E-state index contributed by atoms with van der Waals surface area (Å²) in [6.45, 7) is 12.2. The summed E-state index contributed by atoms with van der Waals surface area (Å²) < 4.78 is 0. The molecule has 15 heavy (non-hydrogen) atoms. The molecule has 0 bridgehead atoms. The van der Waals surface area contributed by atoms with E-state index in [0.29, 0.717) is 0 Å². The summed E-state index contributed by atoms with van der Waals surface area (Å²) in [5.74, 6) is 0. The third-order valence-corrected chi connectivity index (χ3v) is 2.44. The van der Waals surface area contributed by atoms with Gasteiger partial charge in [-0.25, -0.2) is 0 Å². The topological polar surface area (TPSA) is 3.24 Å². The predicted molar refractivity (Wildman–Crippen MR) is 68.6 cm³/mol. The van der Waals surface area contributed by atoms with Crippen LogP contribution in [0.1, 0.15) is 23.6 Å². The Hall–Kier alpha value is -1.50. The third kappa shape index (κ3) is 2.72. The van der Waals surface area contributed by atoms with Gasteiger partial charge in [0.05, 0.1) is 0 Å². The second kappa shape index (κ2) is 4.35. The second-order valence-corrected chi connectivity index (χ2v) is 4.21. The SMILES string of the molecule is C=C(C)c1cc(C)cc(C(=C)N(C)C)c1. The molecule has 0 fully saturated rings. The minimum Gasteiger partial charge on any atom is -0.378 e. The fraction of sp³-hybridized carbons (Fsp3) is 0.286. The standard InChI is InChI=1S/C14H19N/c1-10(2)13-7-11(3)8-14(9-13)12(4)15(5)6/h7-9H,1,4H2,2-3,5-6H3. The van der Waals surface area contributed by atoms with E-state index in [1.54, 1.807) is 0 Å². The molecular weight excluding hydrogens is 182 g/mol. The van der Waals surface area contributed by atoms with Gasteiger partial charge in [0.1, 0.15) is 0 Å². The Morgan fingerprint density at radius 1 is 1.07 bits per heavy atom. The Morgan fingerprint density at radius 3 is 2.07 bits per heavy atom. The van der Waals surface area contributed by atoms with Crippen molar-refractivity contribution in [2.45, 2.75) is 13.8 Å². The fourth-order valence-electron chi connectivity index (χ4n) is 1.45. The second-order valence-electron chi connectivity index (χ2n) is 4.21. The Morgan fingerprint density at radius 2 is 1.60 bits per heavy atom. The first-order valence-electron chi connectivity index (χ1n) is 5.06. The summed E-state index contributed by atoms with van der Waals surface area (Å²) in [7, 11) is 4.01. The lowest BCUT2D eigenvalue weighted by Crippen LogP contribution is -2.09. The average molecular weight is 201 g/mol. The van der Waals surface area contributed by atoms with Gasteiger partial charge in [0.25, 0.3) is 0 Å². The first-order chi connectivity index (χ1) is 6.91. The van der Waals surface area contributed by atoms with Gasteiger partial charge in [-0.15, -0.1) is 0 Å². The van der Waals surface area contributed by atoms with E-state index in [-0.39, 0.29) is 0 Å². The first kappa shape index (κ1) is 11.6. The summed E-state index contributed by atoms with van der Waals surface area (Å²) in [6.07, 6.45) is 0. The minimum absolute atomic E-state index is 1.03. The Balaban J connectivity index is 3.20. The highest BCUT2D eigenvalue weighted by molar-refractivity contribution is 5.69. The Bertz CT molecular complexity index is 400. The fourth-order valence-corrected chi connectivity index (χ4v) is 1.45. The van der Waals surface area contributed by atoms with E-state index in [2.05, 4.69) is 38.3 Å². The molecule has 0 atom stereocenters. The van der Waals surface area contributed by atoms with Crippen molar-refractivity contribution in [1.29, 1.82) is 0 Å². The van der Waals surface area contributed by atoms with Gasteiger partial charge >= 0.3 is 0 Å². The van der Waals surface area contributed by atoms with Crippen molar-refractivity contribution < 1.29 is 0 Å². The van der Waals surface area contributed by atoms with Crippen LogP contribution >= 0.6 is 0 Å². The molecule has 0 amide bonds. The van der Waals surface area contributed by atoms with E-state index in [9.17, 15) is 0 Å². The van der Waals surface area contributed by atoms with Gasteiger partial charge in [0.2, 0.25) is 0 Å². The number of rotatable bonds is 3. The van der Waals surface area contributed by atoms with E-state index in [1.165, 1.54) is 11.1 Å². The van der Waals surface area contributed by atoms with Gasteiger partial charge in [0.15, 0.2) is 0 Å². The molecular formula is C14H19N. The van der Waals surface area contributed by atoms with Crippen LogP contribution < -0.4 is 0 Å². The monoisotopic (exact) mass is 201 g/mol. The smallest absolute Gasteiger partial charge is 0.0361 e. The van der Waals surface area contributed by atoms with Crippen LogP contribution in [0.4, 0.5) is 0 Å². The molecule has 80 valence electrons. The number of allylic oxidation sites excluding steroid dienone is 1. The molecule has 0 unspecified atom stereocenters. The molecule has 0 aliphatic heterocycles. The van der Waals surface area contributed by atoms with E-state index in [4.69, 9.17) is 0 Å². The zero-order valence-electron chi connectivity index (χ0n) is 10.1. The van der Waals surface area contributed by atoms with Gasteiger partial charge < -0.3 is 4.90 Å². The number of hydrogen-bond donors (Lipinski definition) is 0. The van der Waals surface area contributed by atoms with E-state index < -0.39 is 0 Å². The number of aryl methyl sites for hydroxylation is 1. The third-order valence-electron chi connectivity index (χ3n) is 2.44. The molecule has 0 N–H and O–H groups in total. The van der Waals surface area contributed by atoms with Crippen LogP contribution in [0.15, 0.2) is 31.4 Å². The normalized spacial score (nSPS) is 9.87. The van der Waals surface area contributed by atoms with Crippen LogP contribution in [0.2, 0.25) is 0 Å². The number of benzene rings is 1. The summed E-state index contributed by atoms with van der Waals surface area (Å²) in [5, 5.41) is 0. The van der Waals surface area contributed by atoms with Gasteiger partial charge in [-0.1, -0.05) is 24.8 Å². The quantitative estimate of drug-likeness (QED) is 0.722. The predicted octanol–water partition coefficient (Wildman–Crippen LogP) is 3.56. The lowest BCUT2D eigenvalue weighted by atomic mass is 10.0. The summed E-state index contributed by atoms with van der Waals surface area (Å²) in [6, 6.07) is 6.43. The van der Waals surface area contributed by atoms with E-state index in [1.807, 2.05) is 25.9 Å². The first-order valence-corrected chi connectivity index (χ1v) is 5.06. The van der Waals surface area contributed by atoms with Crippen molar-refractivity contribution in [3.63, 3.8) is 0 Å². The Kier molecular flexibility index (Phi) is 3.35. The summed E-state index contributed by atoms with van der Waals surface area (Å²) >= 11 is 0. The highest BCUT2D eigenvalue weighted by Gasteiger charge is 2.04. The largest absolute Gasteiger partial charge is 0.378 e. The number of nitrogens with zero attached hydrogens (tertiary/aromatic N) is 1. The van der Waals surface area contributed by atoms with Crippen molar-refractivity contribution in [3.8, 4) is 0 Å². The van der Waals surface area contributed by atoms with Crippen LogP contribution in [0.25, 0.3) is 11.3 Å². The summed E-state index contributed by atoms with van der Waals surface area (Å²) in [5.41, 5.74) is 5.72. The zero-order chi connectivity index (χ0) is 11.6. The molecule has 0 aliphatic carbocycles. The van der Waals surface area contributed by atoms with Crippen LogP contribution in [0.5, 0.6) is 0 Å². The van der Waals surface area contributed by atoms with E-state index >= 15 is 0 Å². The molecule has 0 aromatic heterocycles. The Labute approximate surface area is 92.7 Å². The highest BCUT2D eigenvalue weighted by Crippen LogP contribution is 2.21. The minimum atomic E-state index is 1.03. The maximum absolute atomic E-state index is 4.06. The molecule has 0 spiro atoms. The molecule has 0 aliphatic rings. The molecule has 1 aromatic rings. The lowest BCUT2D eigenvalue weighted by Gasteiger charge is -2.17. The lowest BCUT2D eigenvalue weighted by molar-refractivity contribution is 0.593. The van der Waals surface area contributed by atoms with Crippen molar-refractivity contribution in [2.24, 2.45) is 0 Å². The van der Waals surface area contributed by atoms with E-state index in [0.717, 1.165) is 16.8 Å². The van der Waals surface area contributed by atoms with Crippen LogP contribution in [0.3, 0.4) is 0 Å². The molecule has 1 rings (SSSR count). The molecule has 1 heteroatoms. The van der Waals surface area contributed by atoms with Crippen molar-refractivity contribution >= 4 is 11.3 Å². The maximum Gasteiger partial charge on any atom is 0.0361 e. The number of hydrogen-bond acceptors (Lipinski definition) is 1. The van der Waals surface area contributed by atoms with Gasteiger partial charge in [0, 0.05) is 19.8 Å². The zero-order valence-corrected chi connectivity index (χ0v) is 10.1. The van der Waals surface area contributed by atoms with Crippen molar-refractivity contribution in [2.75, 3.05) is 14.1 Å².